The van der Waals surface area contributed by atoms with Gasteiger partial charge in [0.2, 0.25) is 0 Å². The van der Waals surface area contributed by atoms with Gasteiger partial charge >= 0.3 is 0 Å². The van der Waals surface area contributed by atoms with Gasteiger partial charge in [0.25, 0.3) is 0 Å². The number of aliphatic imine (C=N–C) groups is 1. The van der Waals surface area contributed by atoms with Crippen LogP contribution in [0.3, 0.4) is 0 Å². The van der Waals surface area contributed by atoms with E-state index in [4.69, 9.17) is 9.73 Å². The number of H-pyrrole nitrogens is 1. The topological polar surface area (TPSA) is 60.9 Å². The Kier molecular flexibility index (Phi) is 6.47. The third-order valence-corrected chi connectivity index (χ3v) is 7.85. The number of aromatic hydroxyl groups is 1. The van der Waals surface area contributed by atoms with Crippen molar-refractivity contribution < 1.29 is 9.84 Å². The van der Waals surface area contributed by atoms with Gasteiger partial charge in [-0.2, -0.15) is 0 Å². The number of rotatable bonds is 8. The number of nitrogens with one attached hydrogen (secondary N) is 1. The highest BCUT2D eigenvalue weighted by atomic mass is 16.5. The molecule has 3 aromatic carbocycles. The third-order valence-electron chi connectivity index (χ3n) is 7.85. The summed E-state index contributed by atoms with van der Waals surface area (Å²) in [5.74, 6) is 0.953. The Labute approximate surface area is 218 Å². The Balaban J connectivity index is 1.37. The van der Waals surface area contributed by atoms with E-state index in [1.54, 1.807) is 0 Å². The minimum atomic E-state index is -0.0293. The summed E-state index contributed by atoms with van der Waals surface area (Å²) in [6.07, 6.45) is 7.13. The number of likely N-dealkylation sites (tertiary alicyclic amines) is 1. The van der Waals surface area contributed by atoms with Gasteiger partial charge in [-0.25, -0.2) is 4.99 Å². The van der Waals surface area contributed by atoms with Crippen LogP contribution in [0, 0.1) is 0 Å². The van der Waals surface area contributed by atoms with E-state index in [1.165, 1.54) is 37.9 Å². The maximum absolute atomic E-state index is 11.1. The highest BCUT2D eigenvalue weighted by Gasteiger charge is 2.43. The van der Waals surface area contributed by atoms with Crippen molar-refractivity contribution in [3.05, 3.63) is 89.5 Å². The van der Waals surface area contributed by atoms with Gasteiger partial charge in [-0.05, 0) is 81.1 Å². The molecule has 0 atom stereocenters. The average molecular weight is 494 g/mol. The van der Waals surface area contributed by atoms with Gasteiger partial charge in [0.15, 0.2) is 5.88 Å². The zero-order chi connectivity index (χ0) is 25.2. The molecule has 2 N–H and O–H groups in total. The van der Waals surface area contributed by atoms with Crippen LogP contribution < -0.4 is 4.74 Å². The van der Waals surface area contributed by atoms with Gasteiger partial charge in [-0.3, -0.25) is 4.90 Å². The van der Waals surface area contributed by atoms with Crippen molar-refractivity contribution >= 4 is 22.3 Å². The number of ether oxygens (including phenoxy) is 1. The molecule has 1 aliphatic heterocycles. The number of hydrogen-bond donors (Lipinski definition) is 2. The molecule has 1 aromatic heterocycles. The summed E-state index contributed by atoms with van der Waals surface area (Å²) in [7, 11) is 0. The lowest BCUT2D eigenvalue weighted by molar-refractivity contribution is 0.175. The molecule has 4 aromatic rings. The molecule has 0 unspecified atom stereocenters. The fraction of sp³-hybridized carbons (Fsp3) is 0.344. The van der Waals surface area contributed by atoms with Gasteiger partial charge < -0.3 is 14.8 Å². The number of benzene rings is 3. The molecule has 5 heteroatoms. The van der Waals surface area contributed by atoms with Gasteiger partial charge in [-0.15, -0.1) is 0 Å². The summed E-state index contributed by atoms with van der Waals surface area (Å²) in [5, 5.41) is 12.0. The molecule has 190 valence electrons. The second-order valence-corrected chi connectivity index (χ2v) is 10.5. The van der Waals surface area contributed by atoms with E-state index in [-0.39, 0.29) is 11.5 Å². The van der Waals surface area contributed by atoms with Crippen LogP contribution in [0.2, 0.25) is 0 Å². The molecule has 1 saturated heterocycles. The Morgan fingerprint density at radius 1 is 0.973 bits per heavy atom. The second-order valence-electron chi connectivity index (χ2n) is 10.5. The number of aromatic amines is 1. The van der Waals surface area contributed by atoms with Gasteiger partial charge in [-0.1, -0.05) is 55.8 Å². The molecular weight excluding hydrogens is 458 g/mol. The molecule has 1 aliphatic carbocycles. The number of aromatic nitrogens is 1. The summed E-state index contributed by atoms with van der Waals surface area (Å²) in [6.45, 7) is 5.53. The number of piperidine rings is 1. The van der Waals surface area contributed by atoms with Gasteiger partial charge in [0, 0.05) is 23.0 Å². The van der Waals surface area contributed by atoms with Crippen molar-refractivity contribution in [2.45, 2.75) is 57.6 Å². The molecule has 2 fully saturated rings. The minimum Gasteiger partial charge on any atom is -0.494 e. The first-order chi connectivity index (χ1) is 18.1. The molecule has 0 amide bonds. The van der Waals surface area contributed by atoms with E-state index in [1.807, 2.05) is 48.5 Å². The number of fused-ring (bicyclic) bond motifs is 1. The Morgan fingerprint density at radius 3 is 2.43 bits per heavy atom. The van der Waals surface area contributed by atoms with Crippen LogP contribution in [0.15, 0.2) is 77.8 Å². The Bertz CT molecular complexity index is 1400. The molecule has 2 aliphatic rings. The molecular formula is C32H35N3O2. The fourth-order valence-electron chi connectivity index (χ4n) is 5.42. The van der Waals surface area contributed by atoms with Crippen LogP contribution >= 0.6 is 0 Å². The van der Waals surface area contributed by atoms with Crippen LogP contribution in [-0.2, 0) is 6.54 Å². The van der Waals surface area contributed by atoms with Gasteiger partial charge in [0.05, 0.1) is 17.0 Å². The van der Waals surface area contributed by atoms with Crippen LogP contribution in [0.1, 0.15) is 62.1 Å². The summed E-state index contributed by atoms with van der Waals surface area (Å²) >= 11 is 0. The fourth-order valence-corrected chi connectivity index (χ4v) is 5.42. The van der Waals surface area contributed by atoms with Crippen LogP contribution in [0.25, 0.3) is 10.9 Å². The zero-order valence-corrected chi connectivity index (χ0v) is 21.5. The maximum Gasteiger partial charge on any atom is 0.199 e. The van der Waals surface area contributed by atoms with E-state index in [0.717, 1.165) is 59.4 Å². The molecule has 0 spiro atoms. The third kappa shape index (κ3) is 5.14. The molecule has 0 radical (unpaired) electrons. The quantitative estimate of drug-likeness (QED) is 0.252. The Hall–Kier alpha value is -3.57. The van der Waals surface area contributed by atoms with Gasteiger partial charge in [0.1, 0.15) is 11.4 Å². The molecule has 37 heavy (non-hydrogen) atoms. The average Bonchev–Trinajstić information content (AvgIpc) is 3.63. The molecule has 6 rings (SSSR count). The van der Waals surface area contributed by atoms with Crippen LogP contribution in [0.4, 0.5) is 5.69 Å². The molecule has 5 nitrogen and oxygen atoms in total. The van der Waals surface area contributed by atoms with Crippen LogP contribution in [-0.4, -0.2) is 39.4 Å². The van der Waals surface area contributed by atoms with Crippen molar-refractivity contribution in [2.24, 2.45) is 4.99 Å². The molecule has 0 bridgehead atoms. The molecule has 1 saturated carbocycles. The zero-order valence-electron chi connectivity index (χ0n) is 21.5. The lowest BCUT2D eigenvalue weighted by Crippen LogP contribution is -2.28. The predicted molar refractivity (Wildman–Crippen MR) is 150 cm³/mol. The van der Waals surface area contributed by atoms with Crippen molar-refractivity contribution in [1.82, 2.24) is 9.88 Å². The van der Waals surface area contributed by atoms with E-state index < -0.39 is 0 Å². The SMILES string of the molecule is CCC1(Oc2ccc3[nH]c(O)c(C(=Nc4ccc(CN5CCCCC5)cc4)c4ccccc4)c3c2)CC1. The smallest absolute Gasteiger partial charge is 0.199 e. The van der Waals surface area contributed by atoms with Crippen molar-refractivity contribution in [3.8, 4) is 11.6 Å². The minimum absolute atomic E-state index is 0.0293. The van der Waals surface area contributed by atoms with E-state index in [0.29, 0.717) is 5.56 Å². The number of hydrogen-bond acceptors (Lipinski definition) is 4. The van der Waals surface area contributed by atoms with Crippen molar-refractivity contribution in [3.63, 3.8) is 0 Å². The maximum atomic E-state index is 11.1. The normalized spacial score (nSPS) is 17.7. The first kappa shape index (κ1) is 23.8. The summed E-state index contributed by atoms with van der Waals surface area (Å²) in [6, 6.07) is 24.6. The van der Waals surface area contributed by atoms with Crippen LogP contribution in [0.5, 0.6) is 11.6 Å². The van der Waals surface area contributed by atoms with E-state index >= 15 is 0 Å². The predicted octanol–water partition coefficient (Wildman–Crippen LogP) is 7.35. The van der Waals surface area contributed by atoms with E-state index in [9.17, 15) is 5.11 Å². The standard InChI is InChI=1S/C32H35N3O2/c1-2-32(17-18-32)37-26-15-16-28-27(21-26)29(31(36)34-28)30(24-9-5-3-6-10-24)33-25-13-11-23(12-14-25)22-35-19-7-4-8-20-35/h3,5-6,9-16,21,34,36H,2,4,7-8,17-20,22H2,1H3. The largest absolute Gasteiger partial charge is 0.494 e. The number of nitrogens with zero attached hydrogens (tertiary/aromatic N) is 2. The highest BCUT2D eigenvalue weighted by Crippen LogP contribution is 2.44. The highest BCUT2D eigenvalue weighted by molar-refractivity contribution is 6.22. The first-order valence-corrected chi connectivity index (χ1v) is 13.6. The lowest BCUT2D eigenvalue weighted by atomic mass is 10.0. The monoisotopic (exact) mass is 493 g/mol. The second kappa shape index (κ2) is 10.1. The molecule has 2 heterocycles. The van der Waals surface area contributed by atoms with Crippen molar-refractivity contribution in [1.29, 1.82) is 0 Å². The summed E-state index contributed by atoms with van der Waals surface area (Å²) < 4.78 is 6.37. The summed E-state index contributed by atoms with van der Waals surface area (Å²) in [5.41, 5.74) is 5.40. The Morgan fingerprint density at radius 2 is 1.73 bits per heavy atom. The van der Waals surface area contributed by atoms with E-state index in [2.05, 4.69) is 41.1 Å². The summed E-state index contributed by atoms with van der Waals surface area (Å²) in [4.78, 5) is 10.8. The first-order valence-electron chi connectivity index (χ1n) is 13.6. The lowest BCUT2D eigenvalue weighted by Gasteiger charge is -2.26. The van der Waals surface area contributed by atoms with Crippen molar-refractivity contribution in [2.75, 3.05) is 13.1 Å².